The van der Waals surface area contributed by atoms with Gasteiger partial charge in [0.15, 0.2) is 0 Å². The van der Waals surface area contributed by atoms with Gasteiger partial charge in [-0.25, -0.2) is 9.97 Å². The van der Waals surface area contributed by atoms with Crippen molar-refractivity contribution < 1.29 is 4.74 Å². The fourth-order valence-electron chi connectivity index (χ4n) is 1.70. The van der Waals surface area contributed by atoms with E-state index in [-0.39, 0.29) is 6.10 Å². The first-order valence-electron chi connectivity index (χ1n) is 5.04. The molecule has 0 bridgehead atoms. The normalized spacial score (nSPS) is 27.2. The average Bonchev–Trinajstić information content (AvgIpc) is 2.23. The van der Waals surface area contributed by atoms with E-state index < -0.39 is 0 Å². The molecule has 4 heteroatoms. The van der Waals surface area contributed by atoms with E-state index in [1.807, 2.05) is 0 Å². The molecule has 0 aliphatic heterocycles. The molecule has 76 valence electrons. The summed E-state index contributed by atoms with van der Waals surface area (Å²) in [6, 6.07) is 2.61. The van der Waals surface area contributed by atoms with E-state index in [1.54, 1.807) is 18.5 Å². The SMILES string of the molecule is N[C@H]1CC[C@H](Oc2ncccn2)CC1. The van der Waals surface area contributed by atoms with Gasteiger partial charge in [-0.15, -0.1) is 0 Å². The summed E-state index contributed by atoms with van der Waals surface area (Å²) in [6.45, 7) is 0. The maximum absolute atomic E-state index is 5.80. The van der Waals surface area contributed by atoms with Crippen LogP contribution in [0.3, 0.4) is 0 Å². The highest BCUT2D eigenvalue weighted by Crippen LogP contribution is 2.20. The molecule has 4 nitrogen and oxygen atoms in total. The van der Waals surface area contributed by atoms with Gasteiger partial charge < -0.3 is 10.5 Å². The van der Waals surface area contributed by atoms with Gasteiger partial charge in [-0.1, -0.05) is 0 Å². The number of rotatable bonds is 2. The van der Waals surface area contributed by atoms with Crippen LogP contribution in [-0.2, 0) is 0 Å². The molecular formula is C10H15N3O. The minimum atomic E-state index is 0.247. The van der Waals surface area contributed by atoms with Gasteiger partial charge in [-0.2, -0.15) is 0 Å². The van der Waals surface area contributed by atoms with Gasteiger partial charge in [0.1, 0.15) is 6.10 Å². The van der Waals surface area contributed by atoms with E-state index in [2.05, 4.69) is 9.97 Å². The van der Waals surface area contributed by atoms with Crippen LogP contribution in [0.2, 0.25) is 0 Å². The Morgan fingerprint density at radius 3 is 2.43 bits per heavy atom. The van der Waals surface area contributed by atoms with Crippen molar-refractivity contribution in [1.82, 2.24) is 9.97 Å². The highest BCUT2D eigenvalue weighted by atomic mass is 16.5. The molecule has 0 saturated heterocycles. The molecule has 1 aromatic heterocycles. The number of nitrogens with two attached hydrogens (primary N) is 1. The molecular weight excluding hydrogens is 178 g/mol. The monoisotopic (exact) mass is 193 g/mol. The second-order valence-corrected chi connectivity index (χ2v) is 3.69. The van der Waals surface area contributed by atoms with Crippen molar-refractivity contribution in [3.8, 4) is 6.01 Å². The molecule has 0 amide bonds. The van der Waals surface area contributed by atoms with Crippen LogP contribution in [0.5, 0.6) is 6.01 Å². The minimum absolute atomic E-state index is 0.247. The lowest BCUT2D eigenvalue weighted by Crippen LogP contribution is -2.32. The third kappa shape index (κ3) is 2.42. The molecule has 0 radical (unpaired) electrons. The van der Waals surface area contributed by atoms with E-state index in [1.165, 1.54) is 0 Å². The summed E-state index contributed by atoms with van der Waals surface area (Å²) in [5.41, 5.74) is 5.80. The molecule has 1 fully saturated rings. The summed E-state index contributed by atoms with van der Waals surface area (Å²) < 4.78 is 5.63. The Morgan fingerprint density at radius 1 is 1.14 bits per heavy atom. The zero-order chi connectivity index (χ0) is 9.80. The number of hydrogen-bond acceptors (Lipinski definition) is 4. The van der Waals surface area contributed by atoms with Gasteiger partial charge in [-0.3, -0.25) is 0 Å². The first-order valence-corrected chi connectivity index (χ1v) is 5.04. The molecule has 0 aromatic carbocycles. The first-order chi connectivity index (χ1) is 6.84. The maximum atomic E-state index is 5.80. The fraction of sp³-hybridized carbons (Fsp3) is 0.600. The smallest absolute Gasteiger partial charge is 0.316 e. The topological polar surface area (TPSA) is 61.0 Å². The lowest BCUT2D eigenvalue weighted by atomic mass is 9.94. The average molecular weight is 193 g/mol. The van der Waals surface area contributed by atoms with Crippen molar-refractivity contribution in [2.24, 2.45) is 5.73 Å². The maximum Gasteiger partial charge on any atom is 0.316 e. The summed E-state index contributed by atoms with van der Waals surface area (Å²) >= 11 is 0. The molecule has 14 heavy (non-hydrogen) atoms. The van der Waals surface area contributed by atoms with Crippen LogP contribution >= 0.6 is 0 Å². The Kier molecular flexibility index (Phi) is 2.93. The zero-order valence-corrected chi connectivity index (χ0v) is 8.10. The number of nitrogens with zero attached hydrogens (tertiary/aromatic N) is 2. The van der Waals surface area contributed by atoms with Crippen LogP contribution in [0.1, 0.15) is 25.7 Å². The second-order valence-electron chi connectivity index (χ2n) is 3.69. The zero-order valence-electron chi connectivity index (χ0n) is 8.10. The molecule has 0 spiro atoms. The van der Waals surface area contributed by atoms with E-state index in [4.69, 9.17) is 10.5 Å². The molecule has 1 aliphatic rings. The first kappa shape index (κ1) is 9.40. The molecule has 2 rings (SSSR count). The van der Waals surface area contributed by atoms with E-state index in [9.17, 15) is 0 Å². The van der Waals surface area contributed by atoms with Crippen molar-refractivity contribution in [3.05, 3.63) is 18.5 Å². The molecule has 1 saturated carbocycles. The third-order valence-electron chi connectivity index (χ3n) is 2.53. The summed E-state index contributed by atoms with van der Waals surface area (Å²) in [7, 11) is 0. The van der Waals surface area contributed by atoms with Gasteiger partial charge in [0.05, 0.1) is 0 Å². The van der Waals surface area contributed by atoms with Gasteiger partial charge in [0.25, 0.3) is 0 Å². The molecule has 0 atom stereocenters. The van der Waals surface area contributed by atoms with Gasteiger partial charge >= 0.3 is 6.01 Å². The molecule has 1 aliphatic carbocycles. The van der Waals surface area contributed by atoms with Crippen LogP contribution in [0.15, 0.2) is 18.5 Å². The van der Waals surface area contributed by atoms with Crippen LogP contribution in [0.25, 0.3) is 0 Å². The molecule has 2 N–H and O–H groups in total. The predicted octanol–water partition coefficient (Wildman–Crippen LogP) is 1.13. The van der Waals surface area contributed by atoms with Crippen LogP contribution in [-0.4, -0.2) is 22.1 Å². The van der Waals surface area contributed by atoms with Crippen LogP contribution in [0, 0.1) is 0 Å². The number of ether oxygens (including phenoxy) is 1. The Hall–Kier alpha value is -1.16. The number of hydrogen-bond donors (Lipinski definition) is 1. The Bertz CT molecular complexity index is 270. The van der Waals surface area contributed by atoms with Crippen molar-refractivity contribution >= 4 is 0 Å². The summed E-state index contributed by atoms with van der Waals surface area (Å²) in [5.74, 6) is 0. The van der Waals surface area contributed by atoms with Gasteiger partial charge in [0, 0.05) is 18.4 Å². The fourth-order valence-corrected chi connectivity index (χ4v) is 1.70. The van der Waals surface area contributed by atoms with Crippen LogP contribution < -0.4 is 10.5 Å². The largest absolute Gasteiger partial charge is 0.460 e. The standard InChI is InChI=1S/C10H15N3O/c11-8-2-4-9(5-3-8)14-10-12-6-1-7-13-10/h1,6-9H,2-5,11H2/t8-,9-. The van der Waals surface area contributed by atoms with Gasteiger partial charge in [-0.05, 0) is 31.7 Å². The van der Waals surface area contributed by atoms with Crippen molar-refractivity contribution in [3.63, 3.8) is 0 Å². The lowest BCUT2D eigenvalue weighted by Gasteiger charge is -2.25. The van der Waals surface area contributed by atoms with E-state index in [0.717, 1.165) is 25.7 Å². The molecule has 1 aromatic rings. The second kappa shape index (κ2) is 4.37. The minimum Gasteiger partial charge on any atom is -0.460 e. The molecule has 1 heterocycles. The Balaban J connectivity index is 1.87. The van der Waals surface area contributed by atoms with E-state index in [0.29, 0.717) is 12.1 Å². The van der Waals surface area contributed by atoms with Crippen molar-refractivity contribution in [1.29, 1.82) is 0 Å². The Morgan fingerprint density at radius 2 is 1.79 bits per heavy atom. The van der Waals surface area contributed by atoms with Crippen LogP contribution in [0.4, 0.5) is 0 Å². The number of aromatic nitrogens is 2. The highest BCUT2D eigenvalue weighted by molar-refractivity contribution is 4.94. The van der Waals surface area contributed by atoms with Crippen molar-refractivity contribution in [2.45, 2.75) is 37.8 Å². The summed E-state index contributed by atoms with van der Waals surface area (Å²) in [6.07, 6.45) is 7.74. The summed E-state index contributed by atoms with van der Waals surface area (Å²) in [5, 5.41) is 0. The summed E-state index contributed by atoms with van der Waals surface area (Å²) in [4.78, 5) is 8.05. The van der Waals surface area contributed by atoms with E-state index >= 15 is 0 Å². The molecule has 0 unspecified atom stereocenters. The Labute approximate surface area is 83.5 Å². The quantitative estimate of drug-likeness (QED) is 0.764. The predicted molar refractivity (Wildman–Crippen MR) is 52.9 cm³/mol. The van der Waals surface area contributed by atoms with Gasteiger partial charge in [0.2, 0.25) is 0 Å². The third-order valence-corrected chi connectivity index (χ3v) is 2.53. The highest BCUT2D eigenvalue weighted by Gasteiger charge is 2.20. The van der Waals surface area contributed by atoms with Crippen molar-refractivity contribution in [2.75, 3.05) is 0 Å². The lowest BCUT2D eigenvalue weighted by molar-refractivity contribution is 0.135.